The molecule has 0 amide bonds. The van der Waals surface area contributed by atoms with Gasteiger partial charge in [0.1, 0.15) is 0 Å². The summed E-state index contributed by atoms with van der Waals surface area (Å²) in [6.07, 6.45) is 3.96. The second-order valence-corrected chi connectivity index (χ2v) is 6.44. The molecule has 1 aromatic heterocycles. The molecule has 1 fully saturated rings. The van der Waals surface area contributed by atoms with E-state index in [0.717, 1.165) is 18.9 Å². The fourth-order valence-corrected chi connectivity index (χ4v) is 3.48. The number of nitrogens with zero attached hydrogens (tertiary/aromatic N) is 1. The second-order valence-electron chi connectivity index (χ2n) is 5.16. The highest BCUT2D eigenvalue weighted by molar-refractivity contribution is 7.11. The van der Waals surface area contributed by atoms with Crippen LogP contribution in [0.15, 0.2) is 0 Å². The van der Waals surface area contributed by atoms with Gasteiger partial charge in [0, 0.05) is 24.4 Å². The minimum atomic E-state index is 0.342. The number of aromatic nitrogens is 1. The molecular weight excluding hydrogens is 244 g/mol. The van der Waals surface area contributed by atoms with Crippen molar-refractivity contribution in [1.82, 2.24) is 10.3 Å². The lowest BCUT2D eigenvalue weighted by Crippen LogP contribution is -2.43. The molecule has 0 aromatic carbocycles. The topological polar surface area (TPSA) is 34.2 Å². The Bertz CT molecular complexity index is 368. The molecule has 0 saturated heterocycles. The zero-order chi connectivity index (χ0) is 13.1. The number of aryl methyl sites for hydroxylation is 2. The van der Waals surface area contributed by atoms with Gasteiger partial charge in [0.05, 0.1) is 16.8 Å². The second kappa shape index (κ2) is 6.13. The van der Waals surface area contributed by atoms with Crippen molar-refractivity contribution in [2.24, 2.45) is 5.92 Å². The van der Waals surface area contributed by atoms with Crippen molar-refractivity contribution in [2.75, 3.05) is 13.7 Å². The molecule has 18 heavy (non-hydrogen) atoms. The van der Waals surface area contributed by atoms with Crippen LogP contribution in [-0.4, -0.2) is 30.8 Å². The van der Waals surface area contributed by atoms with Gasteiger partial charge in [-0.25, -0.2) is 4.98 Å². The lowest BCUT2D eigenvalue weighted by Gasteiger charge is -2.26. The number of nitrogens with one attached hydrogen (secondary N) is 1. The third-order valence-corrected chi connectivity index (χ3v) is 4.78. The summed E-state index contributed by atoms with van der Waals surface area (Å²) in [5.41, 5.74) is 1.17. The molecule has 4 heteroatoms. The lowest BCUT2D eigenvalue weighted by molar-refractivity contribution is 0.0515. The first-order chi connectivity index (χ1) is 8.65. The van der Waals surface area contributed by atoms with Crippen molar-refractivity contribution in [3.63, 3.8) is 0 Å². The van der Waals surface area contributed by atoms with Crippen molar-refractivity contribution >= 4 is 11.3 Å². The summed E-state index contributed by atoms with van der Waals surface area (Å²) in [6.45, 7) is 7.38. The molecule has 102 valence electrons. The molecule has 0 bridgehead atoms. The average molecular weight is 268 g/mol. The van der Waals surface area contributed by atoms with Crippen molar-refractivity contribution in [1.29, 1.82) is 0 Å². The molecule has 0 aliphatic heterocycles. The van der Waals surface area contributed by atoms with E-state index in [4.69, 9.17) is 4.74 Å². The van der Waals surface area contributed by atoms with E-state index < -0.39 is 0 Å². The number of likely N-dealkylation sites (N-methyl/N-ethyl adjacent to an activating group) is 1. The summed E-state index contributed by atoms with van der Waals surface area (Å²) >= 11 is 1.82. The average Bonchev–Trinajstić information content (AvgIpc) is 3.09. The first-order valence-corrected chi connectivity index (χ1v) is 7.66. The Balaban J connectivity index is 2.04. The molecule has 1 aliphatic rings. The van der Waals surface area contributed by atoms with E-state index in [1.807, 2.05) is 18.4 Å². The van der Waals surface area contributed by atoms with Crippen LogP contribution in [-0.2, 0) is 11.2 Å². The Labute approximate surface area is 114 Å². The molecule has 2 rings (SSSR count). The standard InChI is InChI=1S/C14H24N2OS/c1-5-15-12(14(17-4)11-6-7-11)8-13-16-9(2)10(3)18-13/h11-12,14-15H,5-8H2,1-4H3. The van der Waals surface area contributed by atoms with Gasteiger partial charge in [-0.2, -0.15) is 0 Å². The predicted octanol–water partition coefficient (Wildman–Crippen LogP) is 2.71. The van der Waals surface area contributed by atoms with E-state index in [1.165, 1.54) is 28.4 Å². The number of hydrogen-bond acceptors (Lipinski definition) is 4. The highest BCUT2D eigenvalue weighted by atomic mass is 32.1. The molecule has 2 atom stereocenters. The van der Waals surface area contributed by atoms with Gasteiger partial charge in [0.15, 0.2) is 0 Å². The van der Waals surface area contributed by atoms with Crippen LogP contribution in [0.5, 0.6) is 0 Å². The van der Waals surface area contributed by atoms with Crippen LogP contribution in [0.25, 0.3) is 0 Å². The molecule has 1 saturated carbocycles. The largest absolute Gasteiger partial charge is 0.380 e. The van der Waals surface area contributed by atoms with Crippen LogP contribution in [0.1, 0.15) is 35.3 Å². The van der Waals surface area contributed by atoms with Crippen molar-refractivity contribution in [3.05, 3.63) is 15.6 Å². The Morgan fingerprint density at radius 2 is 2.17 bits per heavy atom. The SMILES string of the molecule is CCNC(Cc1nc(C)c(C)s1)C(OC)C1CC1. The first kappa shape index (κ1) is 14.0. The van der Waals surface area contributed by atoms with Crippen LogP contribution >= 0.6 is 11.3 Å². The van der Waals surface area contributed by atoms with Gasteiger partial charge < -0.3 is 10.1 Å². The van der Waals surface area contributed by atoms with E-state index in [0.29, 0.717) is 12.1 Å². The lowest BCUT2D eigenvalue weighted by atomic mass is 10.0. The zero-order valence-corrected chi connectivity index (χ0v) is 12.6. The van der Waals surface area contributed by atoms with Crippen molar-refractivity contribution < 1.29 is 4.74 Å². The van der Waals surface area contributed by atoms with E-state index >= 15 is 0 Å². The summed E-state index contributed by atoms with van der Waals surface area (Å²) < 4.78 is 5.71. The molecule has 2 unspecified atom stereocenters. The normalized spacial score (nSPS) is 18.9. The number of methoxy groups -OCH3 is 1. The highest BCUT2D eigenvalue weighted by Gasteiger charge is 2.36. The van der Waals surface area contributed by atoms with Crippen LogP contribution in [0.3, 0.4) is 0 Å². The quantitative estimate of drug-likeness (QED) is 0.825. The van der Waals surface area contributed by atoms with Crippen LogP contribution in [0.4, 0.5) is 0 Å². The number of hydrogen-bond donors (Lipinski definition) is 1. The van der Waals surface area contributed by atoms with Gasteiger partial charge in [0.2, 0.25) is 0 Å². The van der Waals surface area contributed by atoms with Crippen molar-refractivity contribution in [2.45, 2.75) is 52.2 Å². The van der Waals surface area contributed by atoms with E-state index in [1.54, 1.807) is 0 Å². The fraction of sp³-hybridized carbons (Fsp3) is 0.786. The van der Waals surface area contributed by atoms with Crippen molar-refractivity contribution in [3.8, 4) is 0 Å². The van der Waals surface area contributed by atoms with Gasteiger partial charge in [0.25, 0.3) is 0 Å². The summed E-state index contributed by atoms with van der Waals surface area (Å²) in [6, 6.07) is 0.400. The first-order valence-electron chi connectivity index (χ1n) is 6.84. The molecule has 1 N–H and O–H groups in total. The maximum absolute atomic E-state index is 5.71. The third-order valence-electron chi connectivity index (χ3n) is 3.69. The van der Waals surface area contributed by atoms with Crippen LogP contribution in [0, 0.1) is 19.8 Å². The summed E-state index contributed by atoms with van der Waals surface area (Å²) in [5, 5.41) is 4.81. The Morgan fingerprint density at radius 1 is 1.44 bits per heavy atom. The molecule has 1 heterocycles. The van der Waals surface area contributed by atoms with Gasteiger partial charge >= 0.3 is 0 Å². The van der Waals surface area contributed by atoms with E-state index in [2.05, 4.69) is 31.1 Å². The van der Waals surface area contributed by atoms with Crippen LogP contribution < -0.4 is 5.32 Å². The molecule has 0 spiro atoms. The number of thiazole rings is 1. The Hall–Kier alpha value is -0.450. The summed E-state index contributed by atoms with van der Waals surface area (Å²) in [4.78, 5) is 5.99. The predicted molar refractivity (Wildman–Crippen MR) is 76.3 cm³/mol. The highest BCUT2D eigenvalue weighted by Crippen LogP contribution is 2.36. The maximum atomic E-state index is 5.71. The number of rotatable bonds is 7. The van der Waals surface area contributed by atoms with E-state index in [9.17, 15) is 0 Å². The van der Waals surface area contributed by atoms with Crippen LogP contribution in [0.2, 0.25) is 0 Å². The molecular formula is C14H24N2OS. The van der Waals surface area contributed by atoms with Gasteiger partial charge in [-0.15, -0.1) is 11.3 Å². The molecule has 0 radical (unpaired) electrons. The molecule has 1 aliphatic carbocycles. The van der Waals surface area contributed by atoms with Gasteiger partial charge in [-0.1, -0.05) is 6.92 Å². The third kappa shape index (κ3) is 3.31. The molecule has 3 nitrogen and oxygen atoms in total. The maximum Gasteiger partial charge on any atom is 0.0947 e. The van der Waals surface area contributed by atoms with Gasteiger partial charge in [-0.05, 0) is 39.2 Å². The number of ether oxygens (including phenoxy) is 1. The minimum absolute atomic E-state index is 0.342. The summed E-state index contributed by atoms with van der Waals surface area (Å²) in [7, 11) is 1.84. The fourth-order valence-electron chi connectivity index (χ4n) is 2.49. The summed E-state index contributed by atoms with van der Waals surface area (Å²) in [5.74, 6) is 0.751. The molecule has 1 aromatic rings. The minimum Gasteiger partial charge on any atom is -0.380 e. The monoisotopic (exact) mass is 268 g/mol. The zero-order valence-electron chi connectivity index (χ0n) is 11.8. The Kier molecular flexibility index (Phi) is 4.76. The Morgan fingerprint density at radius 3 is 2.61 bits per heavy atom. The smallest absolute Gasteiger partial charge is 0.0947 e. The van der Waals surface area contributed by atoms with E-state index in [-0.39, 0.29) is 0 Å². The van der Waals surface area contributed by atoms with Gasteiger partial charge in [-0.3, -0.25) is 0 Å².